The first-order valence-electron chi connectivity index (χ1n) is 6.81. The number of carbonyl (C=O) groups excluding carboxylic acids is 2. The number of benzene rings is 1. The van der Waals surface area contributed by atoms with Gasteiger partial charge in [0, 0.05) is 16.5 Å². The fraction of sp³-hybridized carbons (Fsp3) is 0.467. The van der Waals surface area contributed by atoms with Crippen molar-refractivity contribution in [3.05, 3.63) is 23.8 Å². The Morgan fingerprint density at radius 3 is 2.70 bits per heavy atom. The quantitative estimate of drug-likeness (QED) is 0.900. The molecule has 4 nitrogen and oxygen atoms in total. The fourth-order valence-electron chi connectivity index (χ4n) is 1.81. The Morgan fingerprint density at radius 1 is 1.35 bits per heavy atom. The fourth-order valence-corrected chi connectivity index (χ4v) is 2.74. The summed E-state index contributed by atoms with van der Waals surface area (Å²) >= 11 is 1.52. The molecule has 2 unspecified atom stereocenters. The van der Waals surface area contributed by atoms with Crippen molar-refractivity contribution in [3.63, 3.8) is 0 Å². The van der Waals surface area contributed by atoms with Crippen molar-refractivity contribution < 1.29 is 9.59 Å². The summed E-state index contributed by atoms with van der Waals surface area (Å²) in [5.74, 6) is 0.259. The molecule has 0 bridgehead atoms. The van der Waals surface area contributed by atoms with Crippen molar-refractivity contribution in [1.29, 1.82) is 0 Å². The Bertz CT molecular complexity index is 543. The van der Waals surface area contributed by atoms with E-state index < -0.39 is 0 Å². The third-order valence-electron chi connectivity index (χ3n) is 3.53. The standard InChI is InChI=1S/C15H20N2O2S/c1-8(2)9(3)16-15(19)11-5-6-13-12(7-11)17-14(18)10(4)20-13/h5-10H,1-4H3,(H,16,19)(H,17,18). The first-order valence-corrected chi connectivity index (χ1v) is 7.69. The lowest BCUT2D eigenvalue weighted by atomic mass is 10.1. The van der Waals surface area contributed by atoms with Crippen LogP contribution >= 0.6 is 11.8 Å². The lowest BCUT2D eigenvalue weighted by Gasteiger charge is -2.22. The molecule has 1 aromatic carbocycles. The molecule has 0 spiro atoms. The molecule has 0 aliphatic carbocycles. The van der Waals surface area contributed by atoms with E-state index in [1.165, 1.54) is 11.8 Å². The molecular weight excluding hydrogens is 272 g/mol. The van der Waals surface area contributed by atoms with Crippen molar-refractivity contribution in [2.24, 2.45) is 5.92 Å². The second kappa shape index (κ2) is 5.87. The normalized spacial score (nSPS) is 19.2. The second-order valence-electron chi connectivity index (χ2n) is 5.47. The molecule has 108 valence electrons. The average Bonchev–Trinajstić information content (AvgIpc) is 2.39. The maximum Gasteiger partial charge on any atom is 0.251 e. The molecule has 5 heteroatoms. The van der Waals surface area contributed by atoms with Gasteiger partial charge in [-0.2, -0.15) is 0 Å². The molecule has 2 atom stereocenters. The van der Waals surface area contributed by atoms with E-state index in [0.29, 0.717) is 11.5 Å². The average molecular weight is 292 g/mol. The zero-order valence-corrected chi connectivity index (χ0v) is 13.0. The molecule has 0 aromatic heterocycles. The van der Waals surface area contributed by atoms with Crippen molar-refractivity contribution in [3.8, 4) is 0 Å². The largest absolute Gasteiger partial charge is 0.349 e. The number of hydrogen-bond acceptors (Lipinski definition) is 3. The molecule has 0 saturated carbocycles. The van der Waals surface area contributed by atoms with Gasteiger partial charge in [-0.1, -0.05) is 13.8 Å². The summed E-state index contributed by atoms with van der Waals surface area (Å²) in [6.45, 7) is 7.99. The van der Waals surface area contributed by atoms with Gasteiger partial charge >= 0.3 is 0 Å². The molecule has 2 N–H and O–H groups in total. The van der Waals surface area contributed by atoms with Gasteiger partial charge in [0.05, 0.1) is 10.9 Å². The summed E-state index contributed by atoms with van der Waals surface area (Å²) in [7, 11) is 0. The minimum Gasteiger partial charge on any atom is -0.349 e. The van der Waals surface area contributed by atoms with E-state index in [0.717, 1.165) is 10.6 Å². The van der Waals surface area contributed by atoms with Gasteiger partial charge in [-0.15, -0.1) is 11.8 Å². The molecular formula is C15H20N2O2S. The van der Waals surface area contributed by atoms with Crippen LogP contribution in [0.2, 0.25) is 0 Å². The predicted octanol–water partition coefficient (Wildman–Crippen LogP) is 2.89. The van der Waals surface area contributed by atoms with Gasteiger partial charge in [0.1, 0.15) is 0 Å². The Morgan fingerprint density at radius 2 is 2.05 bits per heavy atom. The molecule has 1 aliphatic rings. The molecule has 0 radical (unpaired) electrons. The summed E-state index contributed by atoms with van der Waals surface area (Å²) in [4.78, 5) is 24.8. The number of rotatable bonds is 3. The van der Waals surface area contributed by atoms with Crippen LogP contribution in [0.25, 0.3) is 0 Å². The summed E-state index contributed by atoms with van der Waals surface area (Å²) < 4.78 is 0. The first-order chi connectivity index (χ1) is 9.38. The SMILES string of the molecule is CC1Sc2ccc(C(=O)NC(C)C(C)C)cc2NC1=O. The van der Waals surface area contributed by atoms with Crippen LogP contribution in [-0.4, -0.2) is 23.1 Å². The lowest BCUT2D eigenvalue weighted by molar-refractivity contribution is -0.115. The number of anilines is 1. The molecule has 1 aliphatic heterocycles. The molecule has 0 saturated heterocycles. The van der Waals surface area contributed by atoms with Gasteiger partial charge < -0.3 is 10.6 Å². The minimum atomic E-state index is -0.105. The Kier molecular flexibility index (Phi) is 4.38. The molecule has 2 amide bonds. The first kappa shape index (κ1) is 14.9. The molecule has 1 heterocycles. The van der Waals surface area contributed by atoms with E-state index in [1.807, 2.05) is 19.9 Å². The van der Waals surface area contributed by atoms with E-state index in [4.69, 9.17) is 0 Å². The topological polar surface area (TPSA) is 58.2 Å². The highest BCUT2D eigenvalue weighted by Gasteiger charge is 2.24. The monoisotopic (exact) mass is 292 g/mol. The van der Waals surface area contributed by atoms with Crippen LogP contribution in [0.5, 0.6) is 0 Å². The Labute approximate surface area is 123 Å². The Hall–Kier alpha value is -1.49. The number of nitrogens with one attached hydrogen (secondary N) is 2. The maximum atomic E-state index is 12.2. The van der Waals surface area contributed by atoms with Crippen LogP contribution in [0, 0.1) is 5.92 Å². The number of carbonyl (C=O) groups is 2. The smallest absolute Gasteiger partial charge is 0.251 e. The number of hydrogen-bond donors (Lipinski definition) is 2. The van der Waals surface area contributed by atoms with Crippen LogP contribution in [-0.2, 0) is 4.79 Å². The van der Waals surface area contributed by atoms with E-state index in [1.54, 1.807) is 12.1 Å². The summed E-state index contributed by atoms with van der Waals surface area (Å²) in [6.07, 6.45) is 0. The van der Waals surface area contributed by atoms with Crippen molar-refractivity contribution >= 4 is 29.3 Å². The van der Waals surface area contributed by atoms with Crippen LogP contribution in [0.4, 0.5) is 5.69 Å². The molecule has 0 fully saturated rings. The van der Waals surface area contributed by atoms with Crippen LogP contribution < -0.4 is 10.6 Å². The zero-order valence-electron chi connectivity index (χ0n) is 12.2. The highest BCUT2D eigenvalue weighted by molar-refractivity contribution is 8.00. The summed E-state index contributed by atoms with van der Waals surface area (Å²) in [6, 6.07) is 5.56. The highest BCUT2D eigenvalue weighted by atomic mass is 32.2. The molecule has 2 rings (SSSR count). The minimum absolute atomic E-state index is 0.0180. The van der Waals surface area contributed by atoms with Crippen molar-refractivity contribution in [2.75, 3.05) is 5.32 Å². The second-order valence-corrected chi connectivity index (χ2v) is 6.85. The van der Waals surface area contributed by atoms with Crippen LogP contribution in [0.15, 0.2) is 23.1 Å². The Balaban J connectivity index is 2.17. The number of fused-ring (bicyclic) bond motifs is 1. The van der Waals surface area contributed by atoms with Gasteiger partial charge in [-0.05, 0) is 38.0 Å². The van der Waals surface area contributed by atoms with E-state index in [-0.39, 0.29) is 23.1 Å². The van der Waals surface area contributed by atoms with Gasteiger partial charge in [0.2, 0.25) is 5.91 Å². The van der Waals surface area contributed by atoms with Crippen LogP contribution in [0.1, 0.15) is 38.1 Å². The van der Waals surface area contributed by atoms with E-state index >= 15 is 0 Å². The van der Waals surface area contributed by atoms with Crippen molar-refractivity contribution in [1.82, 2.24) is 5.32 Å². The summed E-state index contributed by atoms with van der Waals surface area (Å²) in [5, 5.41) is 5.71. The number of thioether (sulfide) groups is 1. The van der Waals surface area contributed by atoms with Crippen LogP contribution in [0.3, 0.4) is 0 Å². The zero-order chi connectivity index (χ0) is 14.9. The van der Waals surface area contributed by atoms with E-state index in [2.05, 4.69) is 24.5 Å². The molecule has 1 aromatic rings. The van der Waals surface area contributed by atoms with E-state index in [9.17, 15) is 9.59 Å². The van der Waals surface area contributed by atoms with Gasteiger partial charge in [-0.3, -0.25) is 9.59 Å². The summed E-state index contributed by atoms with van der Waals surface area (Å²) in [5.41, 5.74) is 1.30. The lowest BCUT2D eigenvalue weighted by Crippen LogP contribution is -2.36. The van der Waals surface area contributed by atoms with Gasteiger partial charge in [0.25, 0.3) is 5.91 Å². The number of amides is 2. The van der Waals surface area contributed by atoms with Gasteiger partial charge in [0.15, 0.2) is 0 Å². The maximum absolute atomic E-state index is 12.2. The van der Waals surface area contributed by atoms with Crippen molar-refractivity contribution in [2.45, 2.75) is 43.9 Å². The molecule has 20 heavy (non-hydrogen) atoms. The predicted molar refractivity (Wildman–Crippen MR) is 82.2 cm³/mol. The third kappa shape index (κ3) is 3.15. The third-order valence-corrected chi connectivity index (χ3v) is 4.71. The highest BCUT2D eigenvalue weighted by Crippen LogP contribution is 2.35. The van der Waals surface area contributed by atoms with Gasteiger partial charge in [-0.25, -0.2) is 0 Å².